The van der Waals surface area contributed by atoms with Gasteiger partial charge in [-0.25, -0.2) is 13.6 Å². The molecule has 1 aromatic heterocycles. The summed E-state index contributed by atoms with van der Waals surface area (Å²) >= 11 is 0. The van der Waals surface area contributed by atoms with Crippen molar-refractivity contribution < 1.29 is 17.9 Å². The van der Waals surface area contributed by atoms with E-state index < -0.39 is 15.9 Å². The first-order chi connectivity index (χ1) is 9.80. The fourth-order valence-corrected chi connectivity index (χ4v) is 2.91. The first-order valence-corrected chi connectivity index (χ1v) is 8.36. The molecular formula is C12H20N4O4S. The lowest BCUT2D eigenvalue weighted by atomic mass is 10.2. The Morgan fingerprint density at radius 2 is 2.19 bits per heavy atom. The van der Waals surface area contributed by atoms with Crippen LogP contribution in [0.1, 0.15) is 48.8 Å². The largest absolute Gasteiger partial charge is 0.377 e. The van der Waals surface area contributed by atoms with Gasteiger partial charge < -0.3 is 10.1 Å². The van der Waals surface area contributed by atoms with Crippen molar-refractivity contribution in [1.82, 2.24) is 15.5 Å². The Morgan fingerprint density at radius 1 is 1.52 bits per heavy atom. The summed E-state index contributed by atoms with van der Waals surface area (Å²) in [4.78, 5) is 11.9. The lowest BCUT2D eigenvalue weighted by Crippen LogP contribution is -2.30. The highest BCUT2D eigenvalue weighted by Crippen LogP contribution is 2.42. The molecule has 4 N–H and O–H groups in total. The van der Waals surface area contributed by atoms with Gasteiger partial charge in [0.25, 0.3) is 5.91 Å². The molecule has 0 spiro atoms. The molecule has 0 aliphatic heterocycles. The SMILES string of the molecule is CC(C)OCCNC(=O)c1n[nH]c(C2CC2)c1S(N)(=O)=O. The Labute approximate surface area is 123 Å². The summed E-state index contributed by atoms with van der Waals surface area (Å²) in [6.45, 7) is 4.38. The van der Waals surface area contributed by atoms with Gasteiger partial charge in [-0.3, -0.25) is 9.89 Å². The van der Waals surface area contributed by atoms with E-state index in [1.807, 2.05) is 13.8 Å². The van der Waals surface area contributed by atoms with E-state index in [9.17, 15) is 13.2 Å². The molecule has 0 unspecified atom stereocenters. The zero-order valence-electron chi connectivity index (χ0n) is 12.0. The minimum atomic E-state index is -4.00. The molecule has 1 fully saturated rings. The molecule has 118 valence electrons. The lowest BCUT2D eigenvalue weighted by molar-refractivity contribution is 0.0743. The summed E-state index contributed by atoms with van der Waals surface area (Å²) in [5.74, 6) is -0.480. The second kappa shape index (κ2) is 6.12. The second-order valence-corrected chi connectivity index (χ2v) is 6.81. The van der Waals surface area contributed by atoms with Crippen LogP contribution in [0.15, 0.2) is 4.90 Å². The van der Waals surface area contributed by atoms with E-state index in [2.05, 4.69) is 15.5 Å². The van der Waals surface area contributed by atoms with Gasteiger partial charge in [-0.2, -0.15) is 5.10 Å². The minimum Gasteiger partial charge on any atom is -0.377 e. The minimum absolute atomic E-state index is 0.0636. The van der Waals surface area contributed by atoms with Gasteiger partial charge in [0.1, 0.15) is 4.90 Å². The Morgan fingerprint density at radius 3 is 2.71 bits per heavy atom. The number of nitrogens with one attached hydrogen (secondary N) is 2. The van der Waals surface area contributed by atoms with E-state index >= 15 is 0 Å². The van der Waals surface area contributed by atoms with Gasteiger partial charge in [0.2, 0.25) is 10.0 Å². The van der Waals surface area contributed by atoms with Crippen molar-refractivity contribution in [3.63, 3.8) is 0 Å². The number of primary sulfonamides is 1. The van der Waals surface area contributed by atoms with Crippen molar-refractivity contribution in [1.29, 1.82) is 0 Å². The molecule has 1 aliphatic rings. The zero-order chi connectivity index (χ0) is 15.6. The van der Waals surface area contributed by atoms with Gasteiger partial charge in [-0.1, -0.05) is 0 Å². The molecule has 8 nitrogen and oxygen atoms in total. The van der Waals surface area contributed by atoms with Gasteiger partial charge in [0.15, 0.2) is 5.69 Å². The average molecular weight is 316 g/mol. The molecule has 0 saturated heterocycles. The fraction of sp³-hybridized carbons (Fsp3) is 0.667. The molecule has 21 heavy (non-hydrogen) atoms. The number of ether oxygens (including phenoxy) is 1. The van der Waals surface area contributed by atoms with Crippen molar-refractivity contribution in [3.8, 4) is 0 Å². The third-order valence-corrected chi connectivity index (χ3v) is 4.05. The number of sulfonamides is 1. The Hall–Kier alpha value is -1.45. The van der Waals surface area contributed by atoms with Crippen LogP contribution < -0.4 is 10.5 Å². The molecule has 1 amide bonds. The van der Waals surface area contributed by atoms with Crippen molar-refractivity contribution in [3.05, 3.63) is 11.4 Å². The summed E-state index contributed by atoms with van der Waals surface area (Å²) in [7, 11) is -4.00. The second-order valence-electron chi connectivity index (χ2n) is 5.31. The number of carbonyl (C=O) groups excluding carboxylic acids is 1. The maximum Gasteiger partial charge on any atom is 0.273 e. The number of H-pyrrole nitrogens is 1. The molecule has 0 radical (unpaired) electrons. The number of hydrogen-bond donors (Lipinski definition) is 3. The van der Waals surface area contributed by atoms with Crippen LogP contribution in [0.25, 0.3) is 0 Å². The van der Waals surface area contributed by atoms with Crippen molar-refractivity contribution in [2.45, 2.75) is 43.6 Å². The number of aromatic amines is 1. The highest BCUT2D eigenvalue weighted by atomic mass is 32.2. The monoisotopic (exact) mass is 316 g/mol. The smallest absolute Gasteiger partial charge is 0.273 e. The molecule has 1 saturated carbocycles. The Kier molecular flexibility index (Phi) is 4.64. The molecular weight excluding hydrogens is 296 g/mol. The van der Waals surface area contributed by atoms with Crippen molar-refractivity contribution in [2.75, 3.05) is 13.2 Å². The number of amides is 1. The third-order valence-electron chi connectivity index (χ3n) is 3.07. The first-order valence-electron chi connectivity index (χ1n) is 6.81. The molecule has 2 rings (SSSR count). The van der Waals surface area contributed by atoms with Crippen LogP contribution in [0.2, 0.25) is 0 Å². The zero-order valence-corrected chi connectivity index (χ0v) is 12.9. The highest BCUT2D eigenvalue weighted by molar-refractivity contribution is 7.89. The van der Waals surface area contributed by atoms with Crippen LogP contribution in [0.5, 0.6) is 0 Å². The summed E-state index contributed by atoms with van der Waals surface area (Å²) in [5, 5.41) is 14.2. The van der Waals surface area contributed by atoms with E-state index in [1.165, 1.54) is 0 Å². The van der Waals surface area contributed by atoms with E-state index in [0.717, 1.165) is 12.8 Å². The van der Waals surface area contributed by atoms with Gasteiger partial charge in [0, 0.05) is 12.5 Å². The summed E-state index contributed by atoms with van der Waals surface area (Å²) < 4.78 is 28.7. The lowest BCUT2D eigenvalue weighted by Gasteiger charge is -2.08. The summed E-state index contributed by atoms with van der Waals surface area (Å²) in [6, 6.07) is 0. The highest BCUT2D eigenvalue weighted by Gasteiger charge is 2.35. The van der Waals surface area contributed by atoms with Crippen LogP contribution in [-0.4, -0.2) is 43.8 Å². The van der Waals surface area contributed by atoms with Crippen LogP contribution in [0.4, 0.5) is 0 Å². The van der Waals surface area contributed by atoms with Crippen LogP contribution >= 0.6 is 0 Å². The first kappa shape index (κ1) is 15.9. The maximum atomic E-state index is 12.0. The van der Waals surface area contributed by atoms with Crippen LogP contribution in [0, 0.1) is 0 Å². The predicted octanol–water partition coefficient (Wildman–Crippen LogP) is 0.0893. The molecule has 1 aliphatic carbocycles. The van der Waals surface area contributed by atoms with E-state index in [4.69, 9.17) is 9.88 Å². The predicted molar refractivity (Wildman–Crippen MR) is 75.4 cm³/mol. The molecule has 0 aromatic carbocycles. The molecule has 0 bridgehead atoms. The number of nitrogens with two attached hydrogens (primary N) is 1. The van der Waals surface area contributed by atoms with E-state index in [0.29, 0.717) is 12.3 Å². The van der Waals surface area contributed by atoms with E-state index in [-0.39, 0.29) is 29.2 Å². The molecule has 9 heteroatoms. The molecule has 1 aromatic rings. The Balaban J connectivity index is 2.10. The molecule has 0 atom stereocenters. The number of rotatable bonds is 7. The van der Waals surface area contributed by atoms with Gasteiger partial charge in [-0.05, 0) is 26.7 Å². The topological polar surface area (TPSA) is 127 Å². The van der Waals surface area contributed by atoms with Gasteiger partial charge in [0.05, 0.1) is 18.4 Å². The Bertz CT molecular complexity index is 619. The number of nitrogens with zero attached hydrogens (tertiary/aromatic N) is 1. The summed E-state index contributed by atoms with van der Waals surface area (Å²) in [6.07, 6.45) is 1.80. The van der Waals surface area contributed by atoms with Crippen molar-refractivity contribution >= 4 is 15.9 Å². The number of carbonyl (C=O) groups is 1. The average Bonchev–Trinajstić information content (AvgIpc) is 3.11. The number of aromatic nitrogens is 2. The van der Waals surface area contributed by atoms with Gasteiger partial charge in [-0.15, -0.1) is 0 Å². The summed E-state index contributed by atoms with van der Waals surface area (Å²) in [5.41, 5.74) is 0.255. The quantitative estimate of drug-likeness (QED) is 0.614. The third kappa shape index (κ3) is 4.02. The van der Waals surface area contributed by atoms with Crippen LogP contribution in [0.3, 0.4) is 0 Å². The van der Waals surface area contributed by atoms with Crippen LogP contribution in [-0.2, 0) is 14.8 Å². The van der Waals surface area contributed by atoms with Crippen molar-refractivity contribution in [2.24, 2.45) is 5.14 Å². The van der Waals surface area contributed by atoms with Gasteiger partial charge >= 0.3 is 0 Å². The number of hydrogen-bond acceptors (Lipinski definition) is 5. The fourth-order valence-electron chi connectivity index (χ4n) is 1.98. The maximum absolute atomic E-state index is 12.0. The standard InChI is InChI=1S/C12H20N4O4S/c1-7(2)20-6-5-14-12(17)10-11(21(13,18)19)9(15-16-10)8-3-4-8/h7-8H,3-6H2,1-2H3,(H,14,17)(H,15,16)(H2,13,18,19). The molecule has 1 heterocycles. The normalized spacial score (nSPS) is 15.4. The van der Waals surface area contributed by atoms with E-state index in [1.54, 1.807) is 0 Å².